The molecule has 1 aromatic rings. The fourth-order valence-corrected chi connectivity index (χ4v) is 1.80. The molecule has 2 heterocycles. The fraction of sp³-hybridized carbons (Fsp3) is 0.500. The van der Waals surface area contributed by atoms with Crippen LogP contribution in [0.3, 0.4) is 0 Å². The van der Waals surface area contributed by atoms with Crippen molar-refractivity contribution in [2.75, 3.05) is 25.1 Å². The van der Waals surface area contributed by atoms with E-state index in [1.165, 1.54) is 12.3 Å². The summed E-state index contributed by atoms with van der Waals surface area (Å²) in [6.07, 6.45) is 2.49. The molecule has 0 bridgehead atoms. The fourth-order valence-electron chi connectivity index (χ4n) is 1.80. The highest BCUT2D eigenvalue weighted by Crippen LogP contribution is 2.21. The lowest BCUT2D eigenvalue weighted by Crippen LogP contribution is -2.22. The molecule has 2 rings (SSSR count). The molecule has 6 nitrogen and oxygen atoms in total. The van der Waals surface area contributed by atoms with Crippen molar-refractivity contribution in [2.24, 2.45) is 0 Å². The van der Waals surface area contributed by atoms with Gasteiger partial charge in [0, 0.05) is 26.3 Å². The number of nitrogens with zero attached hydrogens (tertiary/aromatic N) is 3. The largest absolute Gasteiger partial charge is 0.380 e. The van der Waals surface area contributed by atoms with Crippen molar-refractivity contribution in [3.05, 3.63) is 28.4 Å². The highest BCUT2D eigenvalue weighted by Gasteiger charge is 2.23. The van der Waals surface area contributed by atoms with Crippen molar-refractivity contribution in [3.63, 3.8) is 0 Å². The summed E-state index contributed by atoms with van der Waals surface area (Å²) in [5.74, 6) is 0.769. The van der Waals surface area contributed by atoms with Crippen LogP contribution in [0.4, 0.5) is 11.5 Å². The number of nitro groups is 1. The van der Waals surface area contributed by atoms with Gasteiger partial charge in [0.05, 0.1) is 11.0 Å². The first-order valence-electron chi connectivity index (χ1n) is 5.09. The third-order valence-electron chi connectivity index (χ3n) is 2.75. The summed E-state index contributed by atoms with van der Waals surface area (Å²) >= 11 is 0. The molecule has 0 amide bonds. The third kappa shape index (κ3) is 2.11. The van der Waals surface area contributed by atoms with E-state index < -0.39 is 4.92 Å². The van der Waals surface area contributed by atoms with Gasteiger partial charge in [-0.15, -0.1) is 0 Å². The summed E-state index contributed by atoms with van der Waals surface area (Å²) in [6, 6.07) is 3.15. The maximum absolute atomic E-state index is 10.5. The quantitative estimate of drug-likeness (QED) is 0.569. The van der Waals surface area contributed by atoms with Crippen LogP contribution in [-0.4, -0.2) is 36.2 Å². The van der Waals surface area contributed by atoms with Gasteiger partial charge in [-0.05, 0) is 12.5 Å². The van der Waals surface area contributed by atoms with Crippen LogP contribution < -0.4 is 4.90 Å². The minimum absolute atomic E-state index is 0.0197. The Labute approximate surface area is 93.0 Å². The first kappa shape index (κ1) is 10.8. The van der Waals surface area contributed by atoms with Crippen LogP contribution in [0.15, 0.2) is 18.3 Å². The molecular formula is C10H13N3O3. The van der Waals surface area contributed by atoms with Crippen LogP contribution in [0.2, 0.25) is 0 Å². The normalized spacial score (nSPS) is 20.1. The van der Waals surface area contributed by atoms with E-state index >= 15 is 0 Å². The zero-order chi connectivity index (χ0) is 11.5. The third-order valence-corrected chi connectivity index (χ3v) is 2.75. The molecule has 0 N–H and O–H groups in total. The van der Waals surface area contributed by atoms with E-state index in [-0.39, 0.29) is 11.8 Å². The molecule has 6 heteroatoms. The molecule has 0 saturated carbocycles. The second kappa shape index (κ2) is 4.44. The standard InChI is InChI=1S/C10H13N3O3/c1-16-9-4-5-12(7-9)10-3-2-8(6-11-10)13(14)15/h2-3,6,9H,4-5,7H2,1H3/t9-/m0/s1. The summed E-state index contributed by atoms with van der Waals surface area (Å²) in [5, 5.41) is 10.5. The SMILES string of the molecule is CO[C@H]1CCN(c2ccc([N+](=O)[O-])cn2)C1. The number of hydrogen-bond donors (Lipinski definition) is 0. The molecule has 0 radical (unpaired) electrons. The van der Waals surface area contributed by atoms with E-state index in [9.17, 15) is 10.1 Å². The van der Waals surface area contributed by atoms with Gasteiger partial charge in [-0.1, -0.05) is 0 Å². The maximum Gasteiger partial charge on any atom is 0.287 e. The highest BCUT2D eigenvalue weighted by molar-refractivity contribution is 5.43. The van der Waals surface area contributed by atoms with E-state index in [0.29, 0.717) is 0 Å². The number of methoxy groups -OCH3 is 1. The summed E-state index contributed by atoms with van der Waals surface area (Å²) in [7, 11) is 1.69. The number of pyridine rings is 1. The molecule has 0 aromatic carbocycles. The number of ether oxygens (including phenoxy) is 1. The molecule has 86 valence electrons. The summed E-state index contributed by atoms with van der Waals surface area (Å²) in [5.41, 5.74) is 0.0197. The van der Waals surface area contributed by atoms with Gasteiger partial charge in [0.25, 0.3) is 5.69 Å². The Balaban J connectivity index is 2.08. The second-order valence-electron chi connectivity index (χ2n) is 3.72. The van der Waals surface area contributed by atoms with Gasteiger partial charge in [-0.2, -0.15) is 0 Å². The first-order valence-corrected chi connectivity index (χ1v) is 5.09. The summed E-state index contributed by atoms with van der Waals surface area (Å²) in [4.78, 5) is 16.2. The van der Waals surface area contributed by atoms with Crippen molar-refractivity contribution < 1.29 is 9.66 Å². The second-order valence-corrected chi connectivity index (χ2v) is 3.72. The van der Waals surface area contributed by atoms with Gasteiger partial charge in [-0.25, -0.2) is 4.98 Å². The molecule has 1 aliphatic heterocycles. The lowest BCUT2D eigenvalue weighted by Gasteiger charge is -2.16. The highest BCUT2D eigenvalue weighted by atomic mass is 16.6. The number of anilines is 1. The van der Waals surface area contributed by atoms with Crippen LogP contribution in [0, 0.1) is 10.1 Å². The average Bonchev–Trinajstić information content (AvgIpc) is 2.77. The average molecular weight is 223 g/mol. The van der Waals surface area contributed by atoms with Crippen LogP contribution in [-0.2, 0) is 4.74 Å². The van der Waals surface area contributed by atoms with Gasteiger partial charge < -0.3 is 9.64 Å². The Morgan fingerprint density at radius 2 is 2.44 bits per heavy atom. The predicted octanol–water partition coefficient (Wildman–Crippen LogP) is 1.21. The van der Waals surface area contributed by atoms with E-state index in [4.69, 9.17) is 4.74 Å². The van der Waals surface area contributed by atoms with Gasteiger partial charge in [0.15, 0.2) is 0 Å². The summed E-state index contributed by atoms with van der Waals surface area (Å²) in [6.45, 7) is 1.67. The van der Waals surface area contributed by atoms with E-state index in [1.807, 2.05) is 0 Å². The minimum atomic E-state index is -0.446. The Morgan fingerprint density at radius 3 is 2.94 bits per heavy atom. The Hall–Kier alpha value is -1.69. The van der Waals surface area contributed by atoms with Gasteiger partial charge in [0.2, 0.25) is 0 Å². The molecule has 0 unspecified atom stereocenters. The van der Waals surface area contributed by atoms with Crippen molar-refractivity contribution in [1.29, 1.82) is 0 Å². The monoisotopic (exact) mass is 223 g/mol. The molecule has 1 saturated heterocycles. The smallest absolute Gasteiger partial charge is 0.287 e. The van der Waals surface area contributed by atoms with Crippen LogP contribution in [0.5, 0.6) is 0 Å². The number of rotatable bonds is 3. The van der Waals surface area contributed by atoms with Crippen LogP contribution in [0.25, 0.3) is 0 Å². The number of aromatic nitrogens is 1. The van der Waals surface area contributed by atoms with Gasteiger partial charge >= 0.3 is 0 Å². The van der Waals surface area contributed by atoms with Gasteiger partial charge in [-0.3, -0.25) is 10.1 Å². The van der Waals surface area contributed by atoms with E-state index in [1.54, 1.807) is 13.2 Å². The van der Waals surface area contributed by atoms with Crippen LogP contribution in [0.1, 0.15) is 6.42 Å². The lowest BCUT2D eigenvalue weighted by atomic mass is 10.3. The maximum atomic E-state index is 10.5. The Kier molecular flexibility index (Phi) is 3.00. The van der Waals surface area contributed by atoms with E-state index in [2.05, 4.69) is 9.88 Å². The molecule has 1 aromatic heterocycles. The molecule has 1 aliphatic rings. The summed E-state index contributed by atoms with van der Waals surface area (Å²) < 4.78 is 5.25. The molecule has 0 aliphatic carbocycles. The molecule has 1 fully saturated rings. The van der Waals surface area contributed by atoms with E-state index in [0.717, 1.165) is 25.3 Å². The van der Waals surface area contributed by atoms with Crippen molar-refractivity contribution in [2.45, 2.75) is 12.5 Å². The van der Waals surface area contributed by atoms with Crippen molar-refractivity contribution in [3.8, 4) is 0 Å². The predicted molar refractivity (Wildman–Crippen MR) is 58.5 cm³/mol. The zero-order valence-corrected chi connectivity index (χ0v) is 9.00. The van der Waals surface area contributed by atoms with Gasteiger partial charge in [0.1, 0.15) is 12.0 Å². The lowest BCUT2D eigenvalue weighted by molar-refractivity contribution is -0.385. The van der Waals surface area contributed by atoms with Crippen molar-refractivity contribution >= 4 is 11.5 Å². The molecule has 16 heavy (non-hydrogen) atoms. The topological polar surface area (TPSA) is 68.5 Å². The number of hydrogen-bond acceptors (Lipinski definition) is 5. The molecule has 0 spiro atoms. The first-order chi connectivity index (χ1) is 7.70. The minimum Gasteiger partial charge on any atom is -0.380 e. The van der Waals surface area contributed by atoms with Crippen LogP contribution >= 0.6 is 0 Å². The Bertz CT molecular complexity index is 379. The molecular weight excluding hydrogens is 210 g/mol. The Morgan fingerprint density at radius 1 is 1.62 bits per heavy atom. The molecule has 1 atom stereocenters. The van der Waals surface area contributed by atoms with Crippen molar-refractivity contribution in [1.82, 2.24) is 4.98 Å². The zero-order valence-electron chi connectivity index (χ0n) is 9.00.